The van der Waals surface area contributed by atoms with Gasteiger partial charge >= 0.3 is 0 Å². The lowest BCUT2D eigenvalue weighted by molar-refractivity contribution is -0.137. The number of amides is 2. The minimum Gasteiger partial charge on any atom is -0.342 e. The molecule has 7 heteroatoms. The van der Waals surface area contributed by atoms with Gasteiger partial charge in [0.15, 0.2) is 0 Å². The van der Waals surface area contributed by atoms with Crippen molar-refractivity contribution in [2.24, 2.45) is 18.9 Å². The molecule has 1 aliphatic rings. The summed E-state index contributed by atoms with van der Waals surface area (Å²) in [7, 11) is 1.86. The molecule has 0 spiro atoms. The van der Waals surface area contributed by atoms with Crippen molar-refractivity contribution in [2.45, 2.75) is 26.7 Å². The number of fused-ring (bicyclic) bond motifs is 1. The fourth-order valence-electron chi connectivity index (χ4n) is 3.25. The number of benzene rings is 1. The van der Waals surface area contributed by atoms with Crippen LogP contribution in [0.4, 0.5) is 5.95 Å². The van der Waals surface area contributed by atoms with E-state index in [1.807, 2.05) is 31.5 Å². The zero-order valence-electron chi connectivity index (χ0n) is 14.8. The number of halogens is 1. The van der Waals surface area contributed by atoms with Gasteiger partial charge in [-0.3, -0.25) is 14.9 Å². The van der Waals surface area contributed by atoms with Crippen molar-refractivity contribution in [1.29, 1.82) is 0 Å². The number of piperidine rings is 1. The number of likely N-dealkylation sites (tertiary alicyclic amines) is 1. The van der Waals surface area contributed by atoms with E-state index in [0.29, 0.717) is 17.5 Å². The highest BCUT2D eigenvalue weighted by Gasteiger charge is 2.30. The summed E-state index contributed by atoms with van der Waals surface area (Å²) >= 11 is 6.00. The van der Waals surface area contributed by atoms with Gasteiger partial charge in [0.25, 0.3) is 0 Å². The third kappa shape index (κ3) is 3.63. The predicted octanol–water partition coefficient (Wildman–Crippen LogP) is 3.06. The molecular formula is C18H23ClN4O2. The molecule has 0 bridgehead atoms. The van der Waals surface area contributed by atoms with Crippen molar-refractivity contribution in [2.75, 3.05) is 18.4 Å². The van der Waals surface area contributed by atoms with Crippen LogP contribution in [0.2, 0.25) is 5.02 Å². The molecule has 2 amide bonds. The average Bonchev–Trinajstić information content (AvgIpc) is 2.89. The Balaban J connectivity index is 1.74. The van der Waals surface area contributed by atoms with Crippen molar-refractivity contribution < 1.29 is 9.59 Å². The number of imidazole rings is 1. The molecule has 1 N–H and O–H groups in total. The van der Waals surface area contributed by atoms with Gasteiger partial charge in [-0.25, -0.2) is 4.98 Å². The molecule has 1 aliphatic heterocycles. The maximum atomic E-state index is 12.7. The summed E-state index contributed by atoms with van der Waals surface area (Å²) in [6.45, 7) is 4.97. The van der Waals surface area contributed by atoms with Crippen LogP contribution in [0.15, 0.2) is 18.2 Å². The quantitative estimate of drug-likeness (QED) is 0.912. The zero-order valence-corrected chi connectivity index (χ0v) is 15.5. The van der Waals surface area contributed by atoms with Crippen molar-refractivity contribution in [1.82, 2.24) is 14.5 Å². The Morgan fingerprint density at radius 1 is 1.36 bits per heavy atom. The first-order valence-electron chi connectivity index (χ1n) is 8.58. The molecule has 0 radical (unpaired) electrons. The predicted molar refractivity (Wildman–Crippen MR) is 98.5 cm³/mol. The molecule has 1 aromatic carbocycles. The number of carbonyl (C=O) groups excluding carboxylic acids is 2. The van der Waals surface area contributed by atoms with Gasteiger partial charge in [-0.1, -0.05) is 25.4 Å². The summed E-state index contributed by atoms with van der Waals surface area (Å²) in [6, 6.07) is 5.45. The maximum Gasteiger partial charge on any atom is 0.231 e. The van der Waals surface area contributed by atoms with Gasteiger partial charge in [-0.2, -0.15) is 0 Å². The second-order valence-electron chi connectivity index (χ2n) is 6.89. The number of carbonyl (C=O) groups is 2. The van der Waals surface area contributed by atoms with Gasteiger partial charge in [0, 0.05) is 31.1 Å². The highest BCUT2D eigenvalue weighted by molar-refractivity contribution is 6.31. The standard InChI is InChI=1S/C18H23ClN4O2/c1-11(2)17(25)23-8-4-5-12(10-23)16(24)21-18-20-14-9-13(19)6-7-15(14)22(18)3/h6-7,9,11-12H,4-5,8,10H2,1-3H3,(H,20,21,24)/t12-/m0/s1. The molecule has 0 aliphatic carbocycles. The Morgan fingerprint density at radius 3 is 2.84 bits per heavy atom. The fraction of sp³-hybridized carbons (Fsp3) is 0.500. The molecule has 2 aromatic rings. The van der Waals surface area contributed by atoms with Crippen molar-refractivity contribution in [3.63, 3.8) is 0 Å². The van der Waals surface area contributed by atoms with Crippen LogP contribution in [0.3, 0.4) is 0 Å². The molecule has 0 unspecified atom stereocenters. The van der Waals surface area contributed by atoms with Crippen LogP contribution in [-0.2, 0) is 16.6 Å². The van der Waals surface area contributed by atoms with E-state index in [1.54, 1.807) is 17.0 Å². The number of hydrogen-bond donors (Lipinski definition) is 1. The van der Waals surface area contributed by atoms with E-state index in [2.05, 4.69) is 10.3 Å². The van der Waals surface area contributed by atoms with Gasteiger partial charge in [0.1, 0.15) is 0 Å². The maximum absolute atomic E-state index is 12.7. The van der Waals surface area contributed by atoms with Crippen LogP contribution in [-0.4, -0.2) is 39.4 Å². The Kier molecular flexibility index (Phi) is 4.99. The molecule has 0 saturated carbocycles. The summed E-state index contributed by atoms with van der Waals surface area (Å²) in [5.74, 6) is 0.251. The van der Waals surface area contributed by atoms with E-state index in [0.717, 1.165) is 30.4 Å². The van der Waals surface area contributed by atoms with Crippen LogP contribution < -0.4 is 5.32 Å². The normalized spacial score (nSPS) is 18.0. The van der Waals surface area contributed by atoms with Gasteiger partial charge in [0.05, 0.1) is 17.0 Å². The van der Waals surface area contributed by atoms with Crippen molar-refractivity contribution >= 4 is 40.4 Å². The zero-order chi connectivity index (χ0) is 18.1. The number of aryl methyl sites for hydroxylation is 1. The molecule has 1 atom stereocenters. The third-order valence-electron chi connectivity index (χ3n) is 4.68. The second-order valence-corrected chi connectivity index (χ2v) is 7.33. The highest BCUT2D eigenvalue weighted by atomic mass is 35.5. The Morgan fingerprint density at radius 2 is 2.12 bits per heavy atom. The first-order chi connectivity index (χ1) is 11.9. The van der Waals surface area contributed by atoms with E-state index >= 15 is 0 Å². The molecule has 2 heterocycles. The van der Waals surface area contributed by atoms with E-state index in [-0.39, 0.29) is 23.7 Å². The Labute approximate surface area is 152 Å². The van der Waals surface area contributed by atoms with E-state index in [9.17, 15) is 9.59 Å². The summed E-state index contributed by atoms with van der Waals surface area (Å²) in [5.41, 5.74) is 1.64. The van der Waals surface area contributed by atoms with Gasteiger partial charge < -0.3 is 9.47 Å². The summed E-state index contributed by atoms with van der Waals surface area (Å²) < 4.78 is 1.84. The monoisotopic (exact) mass is 362 g/mol. The largest absolute Gasteiger partial charge is 0.342 e. The topological polar surface area (TPSA) is 67.2 Å². The number of rotatable bonds is 3. The second kappa shape index (κ2) is 7.04. The summed E-state index contributed by atoms with van der Waals surface area (Å²) in [6.07, 6.45) is 1.62. The minimum absolute atomic E-state index is 0.0496. The smallest absolute Gasteiger partial charge is 0.231 e. The molecular weight excluding hydrogens is 340 g/mol. The van der Waals surface area contributed by atoms with Gasteiger partial charge in [-0.15, -0.1) is 0 Å². The number of nitrogens with zero attached hydrogens (tertiary/aromatic N) is 3. The van der Waals surface area contributed by atoms with Crippen LogP contribution >= 0.6 is 11.6 Å². The van der Waals surface area contributed by atoms with Crippen LogP contribution in [0.25, 0.3) is 11.0 Å². The molecule has 1 aromatic heterocycles. The number of hydrogen-bond acceptors (Lipinski definition) is 3. The van der Waals surface area contributed by atoms with Crippen LogP contribution in [0.5, 0.6) is 0 Å². The SMILES string of the molecule is CC(C)C(=O)N1CCC[C@H](C(=O)Nc2nc3cc(Cl)ccc3n2C)C1. The molecule has 1 saturated heterocycles. The molecule has 134 valence electrons. The minimum atomic E-state index is -0.208. The lowest BCUT2D eigenvalue weighted by Crippen LogP contribution is -2.45. The number of nitrogens with one attached hydrogen (secondary N) is 1. The van der Waals surface area contributed by atoms with Gasteiger partial charge in [0.2, 0.25) is 17.8 Å². The number of anilines is 1. The highest BCUT2D eigenvalue weighted by Crippen LogP contribution is 2.24. The average molecular weight is 363 g/mol. The Bertz CT molecular complexity index is 815. The number of aromatic nitrogens is 2. The third-order valence-corrected chi connectivity index (χ3v) is 4.91. The van der Waals surface area contributed by atoms with E-state index in [4.69, 9.17) is 11.6 Å². The Hall–Kier alpha value is -2.08. The lowest BCUT2D eigenvalue weighted by Gasteiger charge is -2.33. The van der Waals surface area contributed by atoms with Crippen LogP contribution in [0.1, 0.15) is 26.7 Å². The van der Waals surface area contributed by atoms with Crippen molar-refractivity contribution in [3.05, 3.63) is 23.2 Å². The fourth-order valence-corrected chi connectivity index (χ4v) is 3.42. The van der Waals surface area contributed by atoms with E-state index in [1.165, 1.54) is 0 Å². The molecule has 25 heavy (non-hydrogen) atoms. The molecule has 3 rings (SSSR count). The molecule has 6 nitrogen and oxygen atoms in total. The summed E-state index contributed by atoms with van der Waals surface area (Å²) in [4.78, 5) is 31.1. The molecule has 1 fully saturated rings. The first-order valence-corrected chi connectivity index (χ1v) is 8.96. The first kappa shape index (κ1) is 17.7. The van der Waals surface area contributed by atoms with Gasteiger partial charge in [-0.05, 0) is 31.0 Å². The van der Waals surface area contributed by atoms with Crippen LogP contribution in [0, 0.1) is 11.8 Å². The van der Waals surface area contributed by atoms with Crippen molar-refractivity contribution in [3.8, 4) is 0 Å². The lowest BCUT2D eigenvalue weighted by atomic mass is 9.96. The van der Waals surface area contributed by atoms with E-state index < -0.39 is 0 Å². The summed E-state index contributed by atoms with van der Waals surface area (Å²) in [5, 5.41) is 3.52.